The van der Waals surface area contributed by atoms with Crippen molar-refractivity contribution in [2.75, 3.05) is 20.2 Å². The van der Waals surface area contributed by atoms with Gasteiger partial charge in [0, 0.05) is 19.5 Å². The summed E-state index contributed by atoms with van der Waals surface area (Å²) in [5.41, 5.74) is -1.06. The molecule has 0 aromatic heterocycles. The number of alkyl carbamates (subject to hydrolysis) is 1. The predicted octanol–water partition coefficient (Wildman–Crippen LogP) is 3.56. The highest BCUT2D eigenvalue weighted by molar-refractivity contribution is 7.88. The molecule has 254 valence electrons. The maximum Gasteiger partial charge on any atom is 0.408 e. The highest BCUT2D eigenvalue weighted by Crippen LogP contribution is 2.57. The van der Waals surface area contributed by atoms with E-state index in [-0.39, 0.29) is 30.6 Å². The molecule has 4 atom stereocenters. The number of hydrogen-bond donors (Lipinski definition) is 3. The van der Waals surface area contributed by atoms with Crippen LogP contribution in [0.15, 0.2) is 36.4 Å². The third kappa shape index (κ3) is 9.54. The lowest BCUT2D eigenvalue weighted by Crippen LogP contribution is -2.53. The Kier molecular flexibility index (Phi) is 11.5. The van der Waals surface area contributed by atoms with Crippen molar-refractivity contribution in [2.45, 2.75) is 103 Å². The van der Waals surface area contributed by atoms with Crippen LogP contribution in [-0.2, 0) is 35.8 Å². The SMILES string of the molecule is COc1ccc(CCNS(=O)(=O)NC(=O)[C@]23CC(=O)[C@@H]4CCCN4C(=O)[C@@H](NC(=O)OC(C)(C)C)CCCCC/C=C\[C@@H]2C3)cc1. The summed E-state index contributed by atoms with van der Waals surface area (Å²) in [5, 5.41) is 2.72. The second-order valence-electron chi connectivity index (χ2n) is 13.5. The van der Waals surface area contributed by atoms with E-state index in [1.54, 1.807) is 40.0 Å². The summed E-state index contributed by atoms with van der Waals surface area (Å²) in [7, 11) is -2.63. The lowest BCUT2D eigenvalue weighted by molar-refractivity contribution is -0.140. The summed E-state index contributed by atoms with van der Waals surface area (Å²) in [6.45, 7) is 5.66. The number of methoxy groups -OCH3 is 1. The van der Waals surface area contributed by atoms with Crippen molar-refractivity contribution in [3.8, 4) is 5.75 Å². The van der Waals surface area contributed by atoms with Crippen molar-refractivity contribution in [1.82, 2.24) is 19.7 Å². The quantitative estimate of drug-likeness (QED) is 0.357. The molecule has 0 unspecified atom stereocenters. The van der Waals surface area contributed by atoms with E-state index >= 15 is 0 Å². The maximum atomic E-state index is 13.8. The molecule has 0 radical (unpaired) electrons. The molecule has 1 saturated carbocycles. The van der Waals surface area contributed by atoms with Gasteiger partial charge in [0.05, 0.1) is 18.6 Å². The third-order valence-corrected chi connectivity index (χ3v) is 9.83. The van der Waals surface area contributed by atoms with Gasteiger partial charge in [-0.2, -0.15) is 13.1 Å². The highest BCUT2D eigenvalue weighted by Gasteiger charge is 2.61. The number of carbonyl (C=O) groups excluding carboxylic acids is 4. The number of nitrogens with zero attached hydrogens (tertiary/aromatic N) is 1. The van der Waals surface area contributed by atoms with Crippen LogP contribution >= 0.6 is 0 Å². The fourth-order valence-electron chi connectivity index (χ4n) is 6.26. The molecule has 2 aliphatic heterocycles. The zero-order valence-corrected chi connectivity index (χ0v) is 28.1. The van der Waals surface area contributed by atoms with Gasteiger partial charge >= 0.3 is 16.3 Å². The monoisotopic (exact) mass is 660 g/mol. The van der Waals surface area contributed by atoms with Gasteiger partial charge in [-0.15, -0.1) is 0 Å². The first kappa shape index (κ1) is 35.4. The van der Waals surface area contributed by atoms with E-state index in [0.717, 1.165) is 24.8 Å². The first-order valence-corrected chi connectivity index (χ1v) is 17.7. The lowest BCUT2D eigenvalue weighted by atomic mass is 9.91. The Morgan fingerprint density at radius 3 is 2.48 bits per heavy atom. The van der Waals surface area contributed by atoms with Crippen LogP contribution in [-0.4, -0.2) is 74.9 Å². The first-order valence-electron chi connectivity index (χ1n) is 16.2. The molecule has 3 N–H and O–H groups in total. The van der Waals surface area contributed by atoms with Crippen LogP contribution in [0.1, 0.15) is 84.1 Å². The molecule has 1 aromatic rings. The lowest BCUT2D eigenvalue weighted by Gasteiger charge is -2.30. The van der Waals surface area contributed by atoms with Crippen LogP contribution < -0.4 is 19.5 Å². The van der Waals surface area contributed by atoms with Gasteiger partial charge in [-0.1, -0.05) is 37.1 Å². The van der Waals surface area contributed by atoms with Gasteiger partial charge in [-0.05, 0) is 89.3 Å². The van der Waals surface area contributed by atoms with E-state index < -0.39 is 45.3 Å². The molecule has 1 aliphatic carbocycles. The first-order chi connectivity index (χ1) is 21.7. The Balaban J connectivity index is 1.45. The summed E-state index contributed by atoms with van der Waals surface area (Å²) in [6.07, 6.45) is 8.33. The molecular weight excluding hydrogens is 612 g/mol. The summed E-state index contributed by atoms with van der Waals surface area (Å²) >= 11 is 0. The number of Topliss-reactive ketones (excluding diaryl/α,β-unsaturated/α-hetero) is 1. The number of hydrogen-bond acceptors (Lipinski definition) is 8. The van der Waals surface area contributed by atoms with Gasteiger partial charge in [-0.3, -0.25) is 14.4 Å². The number of fused-ring (bicyclic) bond motifs is 2. The van der Waals surface area contributed by atoms with Crippen molar-refractivity contribution in [1.29, 1.82) is 0 Å². The average molecular weight is 661 g/mol. The van der Waals surface area contributed by atoms with Crippen molar-refractivity contribution in [3.05, 3.63) is 42.0 Å². The molecule has 1 saturated heterocycles. The predicted molar refractivity (Wildman–Crippen MR) is 172 cm³/mol. The van der Waals surface area contributed by atoms with Crippen molar-refractivity contribution >= 4 is 33.9 Å². The fourth-order valence-corrected chi connectivity index (χ4v) is 7.15. The highest BCUT2D eigenvalue weighted by atomic mass is 32.2. The van der Waals surface area contributed by atoms with Gasteiger partial charge in [0.15, 0.2) is 5.78 Å². The summed E-state index contributed by atoms with van der Waals surface area (Å²) in [4.78, 5) is 55.3. The number of allylic oxidation sites excluding steroid dienone is 2. The van der Waals surface area contributed by atoms with Crippen LogP contribution in [0.4, 0.5) is 4.79 Å². The van der Waals surface area contributed by atoms with Crippen LogP contribution in [0.3, 0.4) is 0 Å². The van der Waals surface area contributed by atoms with E-state index in [9.17, 15) is 27.6 Å². The number of rotatable bonds is 8. The van der Waals surface area contributed by atoms with Crippen LogP contribution in [0, 0.1) is 11.3 Å². The summed E-state index contributed by atoms with van der Waals surface area (Å²) in [6, 6.07) is 5.64. The number of benzene rings is 1. The normalized spacial score (nSPS) is 26.5. The van der Waals surface area contributed by atoms with Crippen LogP contribution in [0.25, 0.3) is 0 Å². The molecule has 0 bridgehead atoms. The van der Waals surface area contributed by atoms with E-state index in [2.05, 4.69) is 14.8 Å². The molecule has 2 fully saturated rings. The summed E-state index contributed by atoms with van der Waals surface area (Å²) in [5.74, 6) is -0.947. The van der Waals surface area contributed by atoms with Gasteiger partial charge in [0.2, 0.25) is 11.8 Å². The van der Waals surface area contributed by atoms with Crippen molar-refractivity contribution in [3.63, 3.8) is 0 Å². The Hall–Kier alpha value is -3.45. The van der Waals surface area contributed by atoms with Crippen molar-refractivity contribution < 1.29 is 37.1 Å². The molecular formula is C33H48N4O8S. The smallest absolute Gasteiger partial charge is 0.408 e. The molecule has 3 aliphatic rings. The van der Waals surface area contributed by atoms with Crippen molar-refractivity contribution in [2.24, 2.45) is 11.3 Å². The fraction of sp³-hybridized carbons (Fsp3) is 0.636. The zero-order chi connectivity index (χ0) is 33.5. The molecule has 12 nitrogen and oxygen atoms in total. The molecule has 4 rings (SSSR count). The molecule has 0 spiro atoms. The Morgan fingerprint density at radius 1 is 1.04 bits per heavy atom. The number of ether oxygens (including phenoxy) is 2. The second kappa shape index (κ2) is 15.0. The van der Waals surface area contributed by atoms with E-state index in [1.165, 1.54) is 4.90 Å². The molecule has 3 amide bonds. The van der Waals surface area contributed by atoms with Crippen LogP contribution in [0.2, 0.25) is 0 Å². The topological polar surface area (TPSA) is 160 Å². The molecule has 46 heavy (non-hydrogen) atoms. The summed E-state index contributed by atoms with van der Waals surface area (Å²) < 4.78 is 40.9. The van der Waals surface area contributed by atoms with E-state index in [1.807, 2.05) is 24.3 Å². The Labute approximate surface area is 272 Å². The second-order valence-corrected chi connectivity index (χ2v) is 15.0. The number of nitrogens with one attached hydrogen (secondary N) is 3. The van der Waals surface area contributed by atoms with Gasteiger partial charge < -0.3 is 19.7 Å². The number of ketones is 1. The van der Waals surface area contributed by atoms with E-state index in [4.69, 9.17) is 9.47 Å². The maximum absolute atomic E-state index is 13.8. The number of amides is 3. The minimum atomic E-state index is -4.19. The molecule has 1 aromatic carbocycles. The van der Waals surface area contributed by atoms with Gasteiger partial charge in [-0.25, -0.2) is 9.52 Å². The van der Waals surface area contributed by atoms with Crippen LogP contribution in [0.5, 0.6) is 5.75 Å². The largest absolute Gasteiger partial charge is 0.497 e. The third-order valence-electron chi connectivity index (χ3n) is 8.80. The van der Waals surface area contributed by atoms with E-state index in [0.29, 0.717) is 50.8 Å². The Morgan fingerprint density at radius 2 is 1.78 bits per heavy atom. The minimum absolute atomic E-state index is 0.0713. The Bertz CT molecular complexity index is 1410. The minimum Gasteiger partial charge on any atom is -0.497 e. The average Bonchev–Trinajstić information content (AvgIpc) is 3.44. The molecule has 2 heterocycles. The van der Waals surface area contributed by atoms with Gasteiger partial charge in [0.25, 0.3) is 0 Å². The molecule has 13 heteroatoms. The van der Waals surface area contributed by atoms with Gasteiger partial charge in [0.1, 0.15) is 17.4 Å². The standard InChI is InChI=1S/C33H48N4O8S/c1-32(2,3)45-31(41)35-26-12-9-7-5-6-8-11-24-21-33(24,22-28(38)27-13-10-20-37(27)29(26)39)30(40)36-46(42,43)34-19-18-23-14-16-25(44-4)17-15-23/h8,11,14-17,24,26-27,34H,5-7,9-10,12-13,18-22H2,1-4H3,(H,35,41)(H,36,40)/b11-8-/t24-,26+,27+,33-/m1/s1. The zero-order valence-electron chi connectivity index (χ0n) is 27.3. The number of carbonyl (C=O) groups is 4.